The van der Waals surface area contributed by atoms with Crippen molar-refractivity contribution < 1.29 is 9.32 Å². The van der Waals surface area contributed by atoms with Crippen LogP contribution in [0.5, 0.6) is 0 Å². The minimum Gasteiger partial charge on any atom is -0.364 e. The van der Waals surface area contributed by atoms with Crippen molar-refractivity contribution in [2.45, 2.75) is 19.9 Å². The molecule has 5 nitrogen and oxygen atoms in total. The molecule has 0 radical (unpaired) electrons. The fourth-order valence-corrected chi connectivity index (χ4v) is 1.04. The van der Waals surface area contributed by atoms with Gasteiger partial charge in [-0.25, -0.2) is 0 Å². The van der Waals surface area contributed by atoms with Gasteiger partial charge in [0.05, 0.1) is 6.07 Å². The van der Waals surface area contributed by atoms with Crippen LogP contribution >= 0.6 is 0 Å². The quantitative estimate of drug-likeness (QED) is 0.672. The van der Waals surface area contributed by atoms with Crippen LogP contribution in [0.4, 0.5) is 0 Å². The molecule has 0 aliphatic carbocycles. The minimum absolute atomic E-state index is 0.0288. The molecule has 0 saturated heterocycles. The second-order valence-electron chi connectivity index (χ2n) is 3.07. The topological polar surface area (TPSA) is 70.1 Å². The van der Waals surface area contributed by atoms with Crippen LogP contribution in [-0.2, 0) is 0 Å². The Morgan fingerprint density at radius 1 is 1.79 bits per heavy atom. The average Bonchev–Trinajstić information content (AvgIpc) is 2.65. The Labute approximate surface area is 81.9 Å². The first-order chi connectivity index (χ1) is 6.66. The Hall–Kier alpha value is -1.83. The Balaban J connectivity index is 2.80. The smallest absolute Gasteiger partial charge is 0.277 e. The normalized spacial score (nSPS) is 9.86. The zero-order valence-electron chi connectivity index (χ0n) is 8.10. The second kappa shape index (κ2) is 4.42. The molecule has 0 fully saturated rings. The van der Waals surface area contributed by atoms with E-state index in [4.69, 9.17) is 5.26 Å². The fraction of sp³-hybridized carbons (Fsp3) is 0.444. The van der Waals surface area contributed by atoms with Crippen LogP contribution in [0.3, 0.4) is 0 Å². The zero-order valence-corrected chi connectivity index (χ0v) is 8.10. The van der Waals surface area contributed by atoms with Gasteiger partial charge in [-0.1, -0.05) is 5.16 Å². The molecule has 1 amide bonds. The van der Waals surface area contributed by atoms with Gasteiger partial charge in [-0.3, -0.25) is 4.79 Å². The molecular formula is C9H11N3O2. The molecule has 0 aliphatic heterocycles. The van der Waals surface area contributed by atoms with Gasteiger partial charge in [-0.15, -0.1) is 0 Å². The largest absolute Gasteiger partial charge is 0.364 e. The van der Waals surface area contributed by atoms with Crippen LogP contribution in [0.1, 0.15) is 24.3 Å². The number of rotatable bonds is 3. The van der Waals surface area contributed by atoms with Gasteiger partial charge in [0.1, 0.15) is 12.8 Å². The van der Waals surface area contributed by atoms with Crippen molar-refractivity contribution in [1.82, 2.24) is 10.1 Å². The maximum absolute atomic E-state index is 11.7. The van der Waals surface area contributed by atoms with E-state index in [1.165, 1.54) is 17.2 Å². The molecular weight excluding hydrogens is 182 g/mol. The van der Waals surface area contributed by atoms with Gasteiger partial charge in [-0.05, 0) is 13.8 Å². The van der Waals surface area contributed by atoms with E-state index in [0.717, 1.165) is 0 Å². The van der Waals surface area contributed by atoms with Crippen molar-refractivity contribution in [1.29, 1.82) is 5.26 Å². The molecule has 0 saturated carbocycles. The number of amides is 1. The van der Waals surface area contributed by atoms with Crippen molar-refractivity contribution >= 4 is 5.91 Å². The Kier molecular flexibility index (Phi) is 3.24. The summed E-state index contributed by atoms with van der Waals surface area (Å²) >= 11 is 0. The summed E-state index contributed by atoms with van der Waals surface area (Å²) in [4.78, 5) is 13.1. The lowest BCUT2D eigenvalue weighted by molar-refractivity contribution is 0.0721. The van der Waals surface area contributed by atoms with Gasteiger partial charge in [-0.2, -0.15) is 5.26 Å². The second-order valence-corrected chi connectivity index (χ2v) is 3.07. The van der Waals surface area contributed by atoms with Crippen molar-refractivity contribution in [3.8, 4) is 6.07 Å². The van der Waals surface area contributed by atoms with E-state index in [0.29, 0.717) is 0 Å². The molecule has 1 aromatic rings. The van der Waals surface area contributed by atoms with Gasteiger partial charge >= 0.3 is 0 Å². The standard InChI is InChI=1S/C9H11N3O2/c1-7(2)12(5-4-10)9(13)8-3-6-14-11-8/h3,6-7H,5H2,1-2H3. The highest BCUT2D eigenvalue weighted by Gasteiger charge is 2.20. The van der Waals surface area contributed by atoms with Gasteiger partial charge in [0.25, 0.3) is 5.91 Å². The molecule has 0 spiro atoms. The van der Waals surface area contributed by atoms with Crippen LogP contribution in [0.25, 0.3) is 0 Å². The summed E-state index contributed by atoms with van der Waals surface area (Å²) in [7, 11) is 0. The van der Waals surface area contributed by atoms with E-state index in [1.54, 1.807) is 0 Å². The Morgan fingerprint density at radius 3 is 2.93 bits per heavy atom. The first-order valence-corrected chi connectivity index (χ1v) is 4.25. The third-order valence-electron chi connectivity index (χ3n) is 1.78. The minimum atomic E-state index is -0.282. The van der Waals surface area contributed by atoms with Crippen molar-refractivity contribution in [3.63, 3.8) is 0 Å². The van der Waals surface area contributed by atoms with E-state index < -0.39 is 0 Å². The number of aromatic nitrogens is 1. The number of nitrogens with zero attached hydrogens (tertiary/aromatic N) is 3. The number of hydrogen-bond donors (Lipinski definition) is 0. The van der Waals surface area contributed by atoms with Gasteiger partial charge in [0, 0.05) is 12.1 Å². The molecule has 0 bridgehead atoms. The average molecular weight is 193 g/mol. The Morgan fingerprint density at radius 2 is 2.50 bits per heavy atom. The number of carbonyl (C=O) groups excluding carboxylic acids is 1. The van der Waals surface area contributed by atoms with E-state index in [9.17, 15) is 4.79 Å². The summed E-state index contributed by atoms with van der Waals surface area (Å²) in [5.74, 6) is -0.282. The first kappa shape index (κ1) is 10.3. The molecule has 14 heavy (non-hydrogen) atoms. The maximum Gasteiger partial charge on any atom is 0.277 e. The summed E-state index contributed by atoms with van der Waals surface area (Å²) in [6.07, 6.45) is 1.33. The lowest BCUT2D eigenvalue weighted by Gasteiger charge is -2.22. The van der Waals surface area contributed by atoms with E-state index >= 15 is 0 Å². The van der Waals surface area contributed by atoms with Gasteiger partial charge in [0.2, 0.25) is 0 Å². The summed E-state index contributed by atoms with van der Waals surface area (Å²) in [6, 6.07) is 3.39. The molecule has 0 aromatic carbocycles. The fourth-order valence-electron chi connectivity index (χ4n) is 1.04. The predicted octanol–water partition coefficient (Wildman–Crippen LogP) is 1.05. The maximum atomic E-state index is 11.7. The highest BCUT2D eigenvalue weighted by Crippen LogP contribution is 2.05. The van der Waals surface area contributed by atoms with Crippen molar-refractivity contribution in [2.24, 2.45) is 0 Å². The van der Waals surface area contributed by atoms with Crippen LogP contribution in [0.15, 0.2) is 16.9 Å². The molecule has 1 heterocycles. The van der Waals surface area contributed by atoms with E-state index in [2.05, 4.69) is 9.68 Å². The van der Waals surface area contributed by atoms with Crippen LogP contribution < -0.4 is 0 Å². The third kappa shape index (κ3) is 2.10. The monoisotopic (exact) mass is 193 g/mol. The van der Waals surface area contributed by atoms with E-state index in [-0.39, 0.29) is 24.2 Å². The zero-order chi connectivity index (χ0) is 10.6. The molecule has 0 atom stereocenters. The molecule has 5 heteroatoms. The molecule has 1 rings (SSSR count). The molecule has 1 aromatic heterocycles. The third-order valence-corrected chi connectivity index (χ3v) is 1.78. The van der Waals surface area contributed by atoms with Crippen LogP contribution in [-0.4, -0.2) is 28.6 Å². The van der Waals surface area contributed by atoms with Crippen molar-refractivity contribution in [3.05, 3.63) is 18.0 Å². The molecule has 0 N–H and O–H groups in total. The van der Waals surface area contributed by atoms with Crippen LogP contribution in [0, 0.1) is 11.3 Å². The predicted molar refractivity (Wildman–Crippen MR) is 48.3 cm³/mol. The lowest BCUT2D eigenvalue weighted by Crippen LogP contribution is -2.37. The SMILES string of the molecule is CC(C)N(CC#N)C(=O)c1ccon1. The highest BCUT2D eigenvalue weighted by atomic mass is 16.5. The molecule has 0 unspecified atom stereocenters. The number of nitriles is 1. The summed E-state index contributed by atoms with van der Waals surface area (Å²) < 4.78 is 4.56. The van der Waals surface area contributed by atoms with Gasteiger partial charge < -0.3 is 9.42 Å². The summed E-state index contributed by atoms with van der Waals surface area (Å²) in [5, 5.41) is 12.1. The van der Waals surface area contributed by atoms with E-state index in [1.807, 2.05) is 19.9 Å². The lowest BCUT2D eigenvalue weighted by atomic mass is 10.3. The highest BCUT2D eigenvalue weighted by molar-refractivity contribution is 5.92. The Bertz CT molecular complexity index is 337. The number of hydrogen-bond acceptors (Lipinski definition) is 4. The summed E-state index contributed by atoms with van der Waals surface area (Å²) in [6.45, 7) is 3.74. The first-order valence-electron chi connectivity index (χ1n) is 4.25. The van der Waals surface area contributed by atoms with Crippen molar-refractivity contribution in [2.75, 3.05) is 6.54 Å². The van der Waals surface area contributed by atoms with Crippen LogP contribution in [0.2, 0.25) is 0 Å². The number of carbonyl (C=O) groups is 1. The molecule has 0 aliphatic rings. The molecule has 74 valence electrons. The summed E-state index contributed by atoms with van der Waals surface area (Å²) in [5.41, 5.74) is 0.231. The van der Waals surface area contributed by atoms with Gasteiger partial charge in [0.15, 0.2) is 5.69 Å².